The quantitative estimate of drug-likeness (QED) is 0.240. The van der Waals surface area contributed by atoms with Crippen LogP contribution in [0.4, 0.5) is 10.5 Å². The predicted molar refractivity (Wildman–Crippen MR) is 160 cm³/mol. The van der Waals surface area contributed by atoms with Crippen LogP contribution in [0.1, 0.15) is 43.4 Å². The Hall–Kier alpha value is -3.46. The lowest BCUT2D eigenvalue weighted by molar-refractivity contribution is -0.123. The van der Waals surface area contributed by atoms with Crippen LogP contribution >= 0.6 is 35.0 Å². The number of ether oxygens (including phenoxy) is 2. The molecule has 4 rings (SSSR count). The molecule has 7 nitrogen and oxygen atoms in total. The fourth-order valence-corrected chi connectivity index (χ4v) is 5.43. The second-order valence-corrected chi connectivity index (χ2v) is 11.0. The standard InChI is InChI=1S/C30H28Cl2N2O5S/c1-4-38-26-14-19(12-13-25(26)39-17-28(35)33-24-11-6-5-8-20(24)18(2)3)15-27-29(36)34(30(37)40-27)16-21-22(31)9-7-10-23(21)32/h5-15,18H,4,16-17H2,1-3H3,(H,33,35). The smallest absolute Gasteiger partial charge is 0.293 e. The number of hydrogen-bond donors (Lipinski definition) is 1. The zero-order chi connectivity index (χ0) is 28.8. The molecule has 0 radical (unpaired) electrons. The normalized spacial score (nSPS) is 14.2. The minimum atomic E-state index is -0.442. The van der Waals surface area contributed by atoms with Crippen LogP contribution in [-0.2, 0) is 16.1 Å². The first-order valence-electron chi connectivity index (χ1n) is 12.6. The number of para-hydroxylation sites is 1. The molecule has 3 amide bonds. The van der Waals surface area contributed by atoms with Crippen LogP contribution in [0.2, 0.25) is 10.0 Å². The second kappa shape index (κ2) is 13.3. The van der Waals surface area contributed by atoms with Crippen molar-refractivity contribution in [2.75, 3.05) is 18.5 Å². The Balaban J connectivity index is 1.46. The number of imide groups is 1. The monoisotopic (exact) mass is 598 g/mol. The molecule has 0 spiro atoms. The van der Waals surface area contributed by atoms with Gasteiger partial charge >= 0.3 is 0 Å². The average molecular weight is 600 g/mol. The number of nitrogens with zero attached hydrogens (tertiary/aromatic N) is 1. The van der Waals surface area contributed by atoms with Crippen LogP contribution in [-0.4, -0.2) is 35.2 Å². The fraction of sp³-hybridized carbons (Fsp3) is 0.233. The van der Waals surface area contributed by atoms with Crippen LogP contribution in [0.5, 0.6) is 11.5 Å². The van der Waals surface area contributed by atoms with E-state index >= 15 is 0 Å². The lowest BCUT2D eigenvalue weighted by atomic mass is 10.0. The summed E-state index contributed by atoms with van der Waals surface area (Å²) in [6.45, 7) is 6.08. The van der Waals surface area contributed by atoms with Gasteiger partial charge in [-0.1, -0.05) is 67.4 Å². The Morgan fingerprint density at radius 2 is 1.73 bits per heavy atom. The molecule has 3 aromatic rings. The number of rotatable bonds is 10. The molecule has 0 aromatic heterocycles. The van der Waals surface area contributed by atoms with Crippen molar-refractivity contribution < 1.29 is 23.9 Å². The number of anilines is 1. The third kappa shape index (κ3) is 6.99. The van der Waals surface area contributed by atoms with Gasteiger partial charge < -0.3 is 14.8 Å². The lowest BCUT2D eigenvalue weighted by Gasteiger charge is -2.15. The van der Waals surface area contributed by atoms with E-state index in [9.17, 15) is 14.4 Å². The third-order valence-corrected chi connectivity index (χ3v) is 7.65. The first-order valence-corrected chi connectivity index (χ1v) is 14.2. The number of benzene rings is 3. The Bertz CT molecular complexity index is 1450. The van der Waals surface area contributed by atoms with E-state index in [0.717, 1.165) is 27.9 Å². The van der Waals surface area contributed by atoms with Crippen molar-refractivity contribution in [1.29, 1.82) is 0 Å². The van der Waals surface area contributed by atoms with Gasteiger partial charge in [-0.15, -0.1) is 0 Å². The molecule has 0 aliphatic carbocycles. The van der Waals surface area contributed by atoms with E-state index in [1.807, 2.05) is 31.2 Å². The van der Waals surface area contributed by atoms with Gasteiger partial charge in [0.05, 0.1) is 18.1 Å². The lowest BCUT2D eigenvalue weighted by Crippen LogP contribution is -2.27. The number of carbonyl (C=O) groups excluding carboxylic acids is 3. The van der Waals surface area contributed by atoms with Crippen LogP contribution in [0.15, 0.2) is 65.6 Å². The van der Waals surface area contributed by atoms with Gasteiger partial charge in [-0.05, 0) is 72.1 Å². The van der Waals surface area contributed by atoms with Crippen LogP contribution in [0.3, 0.4) is 0 Å². The molecule has 40 heavy (non-hydrogen) atoms. The molecule has 1 saturated heterocycles. The second-order valence-electron chi connectivity index (χ2n) is 9.19. The van der Waals surface area contributed by atoms with E-state index in [0.29, 0.717) is 39.3 Å². The number of halogens is 2. The predicted octanol–water partition coefficient (Wildman–Crippen LogP) is 7.77. The van der Waals surface area contributed by atoms with Gasteiger partial charge in [0, 0.05) is 21.3 Å². The molecule has 1 N–H and O–H groups in total. The summed E-state index contributed by atoms with van der Waals surface area (Å²) in [7, 11) is 0. The van der Waals surface area contributed by atoms with Gasteiger partial charge in [0.25, 0.3) is 17.1 Å². The van der Waals surface area contributed by atoms with Crippen molar-refractivity contribution in [3.63, 3.8) is 0 Å². The van der Waals surface area contributed by atoms with Gasteiger partial charge in [0.2, 0.25) is 0 Å². The Kier molecular flexibility index (Phi) is 9.79. The SMILES string of the molecule is CCOc1cc(C=C2SC(=O)N(Cc3c(Cl)cccc3Cl)C2=O)ccc1OCC(=O)Nc1ccccc1C(C)C. The molecule has 0 bridgehead atoms. The van der Waals surface area contributed by atoms with E-state index in [1.165, 1.54) is 0 Å². The summed E-state index contributed by atoms with van der Waals surface area (Å²) in [4.78, 5) is 39.7. The Morgan fingerprint density at radius 1 is 1.00 bits per heavy atom. The molecule has 208 valence electrons. The average Bonchev–Trinajstić information content (AvgIpc) is 3.17. The van der Waals surface area contributed by atoms with Crippen molar-refractivity contribution in [2.45, 2.75) is 33.2 Å². The highest BCUT2D eigenvalue weighted by Crippen LogP contribution is 2.37. The molecule has 0 atom stereocenters. The van der Waals surface area contributed by atoms with Crippen molar-refractivity contribution in [1.82, 2.24) is 4.90 Å². The highest BCUT2D eigenvalue weighted by atomic mass is 35.5. The summed E-state index contributed by atoms with van der Waals surface area (Å²) >= 11 is 13.3. The first kappa shape index (κ1) is 29.5. The molecule has 1 aliphatic rings. The van der Waals surface area contributed by atoms with E-state index in [2.05, 4.69) is 19.2 Å². The number of amides is 3. The highest BCUT2D eigenvalue weighted by Gasteiger charge is 2.35. The molecule has 10 heteroatoms. The highest BCUT2D eigenvalue weighted by molar-refractivity contribution is 8.18. The summed E-state index contributed by atoms with van der Waals surface area (Å²) in [6.07, 6.45) is 1.61. The maximum atomic E-state index is 13.0. The Morgan fingerprint density at radius 3 is 2.42 bits per heavy atom. The van der Waals surface area contributed by atoms with Crippen LogP contribution in [0.25, 0.3) is 6.08 Å². The topological polar surface area (TPSA) is 84.9 Å². The zero-order valence-corrected chi connectivity index (χ0v) is 24.5. The molecular weight excluding hydrogens is 571 g/mol. The van der Waals surface area contributed by atoms with E-state index < -0.39 is 11.1 Å². The first-order chi connectivity index (χ1) is 19.2. The molecule has 1 fully saturated rings. The summed E-state index contributed by atoms with van der Waals surface area (Å²) in [5, 5.41) is 3.25. The minimum absolute atomic E-state index is 0.0266. The van der Waals surface area contributed by atoms with Gasteiger partial charge in [0.15, 0.2) is 18.1 Å². The molecular formula is C30H28Cl2N2O5S. The van der Waals surface area contributed by atoms with Crippen LogP contribution < -0.4 is 14.8 Å². The van der Waals surface area contributed by atoms with Gasteiger partial charge in [0.1, 0.15) is 0 Å². The van der Waals surface area contributed by atoms with Crippen molar-refractivity contribution >= 4 is 63.8 Å². The van der Waals surface area contributed by atoms with Gasteiger partial charge in [-0.25, -0.2) is 0 Å². The Labute approximate surface area is 247 Å². The summed E-state index contributed by atoms with van der Waals surface area (Å²) in [5.41, 5.74) is 2.92. The minimum Gasteiger partial charge on any atom is -0.490 e. The zero-order valence-electron chi connectivity index (χ0n) is 22.2. The molecule has 1 aliphatic heterocycles. The number of nitrogens with one attached hydrogen (secondary N) is 1. The van der Waals surface area contributed by atoms with Gasteiger partial charge in [-0.3, -0.25) is 19.3 Å². The van der Waals surface area contributed by atoms with Gasteiger partial charge in [-0.2, -0.15) is 0 Å². The van der Waals surface area contributed by atoms with Crippen molar-refractivity contribution in [3.05, 3.63) is 92.3 Å². The maximum absolute atomic E-state index is 13.0. The number of hydrogen-bond acceptors (Lipinski definition) is 6. The van der Waals surface area contributed by atoms with E-state index in [-0.39, 0.29) is 29.9 Å². The number of thioether (sulfide) groups is 1. The largest absolute Gasteiger partial charge is 0.490 e. The van der Waals surface area contributed by atoms with Crippen molar-refractivity contribution in [3.8, 4) is 11.5 Å². The molecule has 1 heterocycles. The summed E-state index contributed by atoms with van der Waals surface area (Å²) in [6, 6.07) is 17.7. The van der Waals surface area contributed by atoms with E-state index in [4.69, 9.17) is 32.7 Å². The van der Waals surface area contributed by atoms with Crippen molar-refractivity contribution in [2.24, 2.45) is 0 Å². The number of carbonyl (C=O) groups is 3. The molecule has 0 unspecified atom stereocenters. The molecule has 0 saturated carbocycles. The van der Waals surface area contributed by atoms with E-state index in [1.54, 1.807) is 42.5 Å². The summed E-state index contributed by atoms with van der Waals surface area (Å²) < 4.78 is 11.5. The fourth-order valence-electron chi connectivity index (χ4n) is 4.08. The van der Waals surface area contributed by atoms with Crippen LogP contribution in [0, 0.1) is 0 Å². The maximum Gasteiger partial charge on any atom is 0.293 e. The molecule has 3 aromatic carbocycles. The summed E-state index contributed by atoms with van der Waals surface area (Å²) in [5.74, 6) is 0.306. The third-order valence-electron chi connectivity index (χ3n) is 6.03.